The fraction of sp³-hybridized carbons (Fsp3) is 0.286. The summed E-state index contributed by atoms with van der Waals surface area (Å²) in [5.74, 6) is 0.376. The summed E-state index contributed by atoms with van der Waals surface area (Å²) in [4.78, 5) is 11.8. The van der Waals surface area contributed by atoms with E-state index in [1.165, 1.54) is 0 Å². The molecule has 0 aliphatic heterocycles. The minimum Gasteiger partial charge on any atom is -0.355 e. The third-order valence-electron chi connectivity index (χ3n) is 2.64. The van der Waals surface area contributed by atoms with Gasteiger partial charge in [-0.25, -0.2) is 0 Å². The zero-order valence-electron chi connectivity index (χ0n) is 11.3. The van der Waals surface area contributed by atoms with E-state index < -0.39 is 0 Å². The fourth-order valence-corrected chi connectivity index (χ4v) is 1.65. The van der Waals surface area contributed by atoms with Crippen LogP contribution in [0.2, 0.25) is 0 Å². The number of halogens is 1. The molecule has 20 heavy (non-hydrogen) atoms. The highest BCUT2D eigenvalue weighted by atomic mass is 35.5. The molecule has 1 heterocycles. The van der Waals surface area contributed by atoms with Gasteiger partial charge >= 0.3 is 0 Å². The van der Waals surface area contributed by atoms with Crippen LogP contribution in [0.5, 0.6) is 0 Å². The predicted octanol–water partition coefficient (Wildman–Crippen LogP) is 2.10. The molecule has 0 fully saturated rings. The van der Waals surface area contributed by atoms with Gasteiger partial charge < -0.3 is 15.2 Å². The summed E-state index contributed by atoms with van der Waals surface area (Å²) >= 11 is 0. The van der Waals surface area contributed by atoms with Gasteiger partial charge in [-0.05, 0) is 6.54 Å². The molecule has 0 saturated heterocycles. The average Bonchev–Trinajstić information content (AvgIpc) is 2.94. The Morgan fingerprint density at radius 2 is 2.00 bits per heavy atom. The van der Waals surface area contributed by atoms with E-state index in [1.54, 1.807) is 6.07 Å². The molecule has 0 unspecified atom stereocenters. The lowest BCUT2D eigenvalue weighted by atomic mass is 10.1. The summed E-state index contributed by atoms with van der Waals surface area (Å²) in [6.45, 7) is 4.22. The number of likely N-dealkylation sites (N-methyl/N-ethyl adjacent to an activating group) is 1. The maximum Gasteiger partial charge on any atom is 0.273 e. The molecule has 0 aliphatic rings. The van der Waals surface area contributed by atoms with E-state index in [9.17, 15) is 4.79 Å². The molecule has 108 valence electrons. The van der Waals surface area contributed by atoms with Crippen LogP contribution >= 0.6 is 12.4 Å². The predicted molar refractivity (Wildman–Crippen MR) is 80.1 cm³/mol. The maximum atomic E-state index is 11.8. The van der Waals surface area contributed by atoms with Crippen LogP contribution in [0.15, 0.2) is 40.9 Å². The van der Waals surface area contributed by atoms with Gasteiger partial charge in [-0.3, -0.25) is 4.79 Å². The van der Waals surface area contributed by atoms with E-state index in [0.717, 1.165) is 18.7 Å². The summed E-state index contributed by atoms with van der Waals surface area (Å²) in [5.41, 5.74) is 1.21. The SMILES string of the molecule is CCNCCNC(=O)c1cc(-c2ccccc2)on1.Cl. The maximum absolute atomic E-state index is 11.8. The zero-order valence-corrected chi connectivity index (χ0v) is 12.1. The quantitative estimate of drug-likeness (QED) is 0.801. The second kappa shape index (κ2) is 8.35. The van der Waals surface area contributed by atoms with Crippen LogP contribution in [0.1, 0.15) is 17.4 Å². The van der Waals surface area contributed by atoms with E-state index in [4.69, 9.17) is 4.52 Å². The molecule has 0 bridgehead atoms. The van der Waals surface area contributed by atoms with Gasteiger partial charge in [0.05, 0.1) is 0 Å². The average molecular weight is 296 g/mol. The zero-order chi connectivity index (χ0) is 13.5. The normalized spacial score (nSPS) is 9.85. The van der Waals surface area contributed by atoms with Crippen molar-refractivity contribution >= 4 is 18.3 Å². The van der Waals surface area contributed by atoms with Gasteiger partial charge in [0.2, 0.25) is 0 Å². The number of nitrogens with one attached hydrogen (secondary N) is 2. The second-order valence-electron chi connectivity index (χ2n) is 4.05. The largest absolute Gasteiger partial charge is 0.355 e. The van der Waals surface area contributed by atoms with Gasteiger partial charge in [-0.2, -0.15) is 0 Å². The van der Waals surface area contributed by atoms with Crippen LogP contribution in [-0.4, -0.2) is 30.7 Å². The van der Waals surface area contributed by atoms with Crippen molar-refractivity contribution in [3.63, 3.8) is 0 Å². The van der Waals surface area contributed by atoms with Crippen molar-refractivity contribution in [1.29, 1.82) is 0 Å². The van der Waals surface area contributed by atoms with Crippen molar-refractivity contribution in [3.8, 4) is 11.3 Å². The highest BCUT2D eigenvalue weighted by Crippen LogP contribution is 2.19. The number of amides is 1. The Morgan fingerprint density at radius 3 is 2.70 bits per heavy atom. The molecule has 0 aliphatic carbocycles. The van der Waals surface area contributed by atoms with Crippen molar-refractivity contribution in [1.82, 2.24) is 15.8 Å². The third-order valence-corrected chi connectivity index (χ3v) is 2.64. The van der Waals surface area contributed by atoms with Crippen LogP contribution in [0.25, 0.3) is 11.3 Å². The molecule has 1 aromatic carbocycles. The van der Waals surface area contributed by atoms with E-state index >= 15 is 0 Å². The van der Waals surface area contributed by atoms with Crippen molar-refractivity contribution < 1.29 is 9.32 Å². The summed E-state index contributed by atoms with van der Waals surface area (Å²) in [6, 6.07) is 11.2. The van der Waals surface area contributed by atoms with Crippen molar-refractivity contribution in [3.05, 3.63) is 42.1 Å². The lowest BCUT2D eigenvalue weighted by molar-refractivity contribution is 0.0945. The molecule has 5 nitrogen and oxygen atoms in total. The van der Waals surface area contributed by atoms with E-state index in [-0.39, 0.29) is 18.3 Å². The molecule has 1 amide bonds. The Hall–Kier alpha value is -1.85. The lowest BCUT2D eigenvalue weighted by Crippen LogP contribution is -2.31. The van der Waals surface area contributed by atoms with Gasteiger partial charge in [0.25, 0.3) is 5.91 Å². The number of benzene rings is 1. The standard InChI is InChI=1S/C14H17N3O2.ClH/c1-2-15-8-9-16-14(18)12-10-13(19-17-12)11-6-4-3-5-7-11;/h3-7,10,15H,2,8-9H2,1H3,(H,16,18);1H. The van der Waals surface area contributed by atoms with E-state index in [1.807, 2.05) is 37.3 Å². The molecule has 6 heteroatoms. The fourth-order valence-electron chi connectivity index (χ4n) is 1.65. The summed E-state index contributed by atoms with van der Waals surface area (Å²) in [5, 5.41) is 9.69. The molecule has 0 atom stereocenters. The Kier molecular flexibility index (Phi) is 6.76. The highest BCUT2D eigenvalue weighted by Gasteiger charge is 2.12. The smallest absolute Gasteiger partial charge is 0.273 e. The number of carbonyl (C=O) groups excluding carboxylic acids is 1. The Labute approximate surface area is 124 Å². The third kappa shape index (κ3) is 4.36. The van der Waals surface area contributed by atoms with Crippen LogP contribution in [-0.2, 0) is 0 Å². The van der Waals surface area contributed by atoms with Gasteiger partial charge in [0.15, 0.2) is 11.5 Å². The van der Waals surface area contributed by atoms with Gasteiger partial charge in [0, 0.05) is 24.7 Å². The molecule has 0 spiro atoms. The Morgan fingerprint density at radius 1 is 1.25 bits per heavy atom. The van der Waals surface area contributed by atoms with Crippen LogP contribution in [0, 0.1) is 0 Å². The molecule has 2 rings (SSSR count). The van der Waals surface area contributed by atoms with Crippen LogP contribution < -0.4 is 10.6 Å². The van der Waals surface area contributed by atoms with Crippen LogP contribution in [0.4, 0.5) is 0 Å². The minimum atomic E-state index is -0.219. The molecule has 0 radical (unpaired) electrons. The molecular formula is C14H18ClN3O2. The van der Waals surface area contributed by atoms with E-state index in [2.05, 4.69) is 15.8 Å². The van der Waals surface area contributed by atoms with Gasteiger partial charge in [-0.1, -0.05) is 42.4 Å². The Bertz CT molecular complexity index is 528. The summed E-state index contributed by atoms with van der Waals surface area (Å²) in [7, 11) is 0. The number of nitrogens with zero attached hydrogens (tertiary/aromatic N) is 1. The molecule has 2 N–H and O–H groups in total. The molecule has 2 aromatic rings. The number of hydrogen-bond acceptors (Lipinski definition) is 4. The lowest BCUT2D eigenvalue weighted by Gasteiger charge is -2.02. The van der Waals surface area contributed by atoms with Crippen molar-refractivity contribution in [2.24, 2.45) is 0 Å². The first-order valence-corrected chi connectivity index (χ1v) is 6.32. The van der Waals surface area contributed by atoms with Crippen LogP contribution in [0.3, 0.4) is 0 Å². The Balaban J connectivity index is 0.00000200. The number of aromatic nitrogens is 1. The number of rotatable bonds is 6. The summed E-state index contributed by atoms with van der Waals surface area (Å²) in [6.07, 6.45) is 0. The monoisotopic (exact) mass is 295 g/mol. The van der Waals surface area contributed by atoms with Gasteiger partial charge in [0.1, 0.15) is 0 Å². The van der Waals surface area contributed by atoms with Gasteiger partial charge in [-0.15, -0.1) is 12.4 Å². The summed E-state index contributed by atoms with van der Waals surface area (Å²) < 4.78 is 5.17. The second-order valence-corrected chi connectivity index (χ2v) is 4.05. The molecule has 0 saturated carbocycles. The highest BCUT2D eigenvalue weighted by molar-refractivity contribution is 5.93. The topological polar surface area (TPSA) is 67.2 Å². The van der Waals surface area contributed by atoms with Crippen molar-refractivity contribution in [2.45, 2.75) is 6.92 Å². The molecule has 1 aromatic heterocycles. The first-order valence-electron chi connectivity index (χ1n) is 6.32. The first-order chi connectivity index (χ1) is 9.31. The van der Waals surface area contributed by atoms with E-state index in [0.29, 0.717) is 18.0 Å². The number of carbonyl (C=O) groups is 1. The molecular weight excluding hydrogens is 278 g/mol. The number of hydrogen-bond donors (Lipinski definition) is 2. The van der Waals surface area contributed by atoms with Crippen molar-refractivity contribution in [2.75, 3.05) is 19.6 Å². The minimum absolute atomic E-state index is 0. The first kappa shape index (κ1) is 16.2.